The van der Waals surface area contributed by atoms with E-state index in [4.69, 9.17) is 11.6 Å². The Bertz CT molecular complexity index is 787. The van der Waals surface area contributed by atoms with Crippen molar-refractivity contribution in [3.63, 3.8) is 0 Å². The van der Waals surface area contributed by atoms with Gasteiger partial charge < -0.3 is 0 Å². The number of amides is 1. The molecule has 0 aliphatic rings. The summed E-state index contributed by atoms with van der Waals surface area (Å²) in [5.41, 5.74) is 1.79. The molecule has 23 heavy (non-hydrogen) atoms. The van der Waals surface area contributed by atoms with Gasteiger partial charge in [0.2, 0.25) is 11.9 Å². The molecule has 7 nitrogen and oxygen atoms in total. The van der Waals surface area contributed by atoms with Gasteiger partial charge in [0.25, 0.3) is 0 Å². The first-order chi connectivity index (χ1) is 11.2. The van der Waals surface area contributed by atoms with Gasteiger partial charge in [0, 0.05) is 17.0 Å². The number of H-pyrrole nitrogens is 1. The predicted molar refractivity (Wildman–Crippen MR) is 85.8 cm³/mol. The summed E-state index contributed by atoms with van der Waals surface area (Å²) in [7, 11) is 0. The van der Waals surface area contributed by atoms with E-state index in [1.165, 1.54) is 0 Å². The van der Waals surface area contributed by atoms with E-state index >= 15 is 0 Å². The van der Waals surface area contributed by atoms with E-state index in [-0.39, 0.29) is 11.9 Å². The minimum atomic E-state index is -0.154. The molecule has 0 aliphatic carbocycles. The average molecular weight is 329 g/mol. The minimum Gasteiger partial charge on any atom is -0.293 e. The van der Waals surface area contributed by atoms with Crippen molar-refractivity contribution < 1.29 is 4.79 Å². The highest BCUT2D eigenvalue weighted by atomic mass is 35.5. The van der Waals surface area contributed by atoms with Crippen LogP contribution in [0, 0.1) is 0 Å². The molecule has 0 unspecified atom stereocenters. The SMILES string of the molecule is O=C(CCc1ccc(Cl)cc1)Nc1n[nH]c(-c2ccnnc2)n1. The lowest BCUT2D eigenvalue weighted by atomic mass is 10.1. The van der Waals surface area contributed by atoms with E-state index in [1.807, 2.05) is 12.1 Å². The van der Waals surface area contributed by atoms with Crippen LogP contribution in [0.3, 0.4) is 0 Å². The van der Waals surface area contributed by atoms with Crippen molar-refractivity contribution in [3.8, 4) is 11.4 Å². The molecule has 3 aromatic rings. The highest BCUT2D eigenvalue weighted by Gasteiger charge is 2.09. The fourth-order valence-electron chi connectivity index (χ4n) is 1.97. The zero-order chi connectivity index (χ0) is 16.1. The standard InChI is InChI=1S/C15H13ClN6O/c16-12-4-1-10(2-5-12)3-6-13(23)19-15-20-14(21-22-15)11-7-8-17-18-9-11/h1-2,4-5,7-9H,3,6H2,(H2,19,20,21,22,23). The summed E-state index contributed by atoms with van der Waals surface area (Å²) in [6.07, 6.45) is 4.08. The Balaban J connectivity index is 1.56. The van der Waals surface area contributed by atoms with Crippen molar-refractivity contribution in [2.24, 2.45) is 0 Å². The number of benzene rings is 1. The minimum absolute atomic E-state index is 0.154. The first-order valence-corrected chi connectivity index (χ1v) is 7.32. The molecule has 1 amide bonds. The summed E-state index contributed by atoms with van der Waals surface area (Å²) in [5.74, 6) is 0.601. The first-order valence-electron chi connectivity index (χ1n) is 6.94. The Hall–Kier alpha value is -2.80. The van der Waals surface area contributed by atoms with E-state index in [1.54, 1.807) is 30.6 Å². The van der Waals surface area contributed by atoms with Gasteiger partial charge in [-0.05, 0) is 30.2 Å². The van der Waals surface area contributed by atoms with Crippen molar-refractivity contribution in [3.05, 3.63) is 53.3 Å². The van der Waals surface area contributed by atoms with Crippen molar-refractivity contribution in [2.75, 3.05) is 5.32 Å². The molecular formula is C15H13ClN6O. The molecule has 0 aliphatic heterocycles. The Labute approximate surface area is 137 Å². The average Bonchev–Trinajstić information content (AvgIpc) is 3.04. The van der Waals surface area contributed by atoms with Crippen LogP contribution in [0.1, 0.15) is 12.0 Å². The smallest absolute Gasteiger partial charge is 0.249 e. The van der Waals surface area contributed by atoms with Gasteiger partial charge in [0.1, 0.15) is 0 Å². The summed E-state index contributed by atoms with van der Waals surface area (Å²) in [4.78, 5) is 16.1. The predicted octanol–water partition coefficient (Wildman–Crippen LogP) is 2.49. The third-order valence-corrected chi connectivity index (χ3v) is 3.40. The second-order valence-electron chi connectivity index (χ2n) is 4.81. The van der Waals surface area contributed by atoms with E-state index in [2.05, 4.69) is 30.7 Å². The Morgan fingerprint density at radius 2 is 2.00 bits per heavy atom. The number of hydrogen-bond acceptors (Lipinski definition) is 5. The number of carbonyl (C=O) groups is 1. The quantitative estimate of drug-likeness (QED) is 0.750. The van der Waals surface area contributed by atoms with Crippen LogP contribution in [0.4, 0.5) is 5.95 Å². The lowest BCUT2D eigenvalue weighted by molar-refractivity contribution is -0.116. The number of aromatic nitrogens is 5. The Kier molecular flexibility index (Phi) is 4.58. The van der Waals surface area contributed by atoms with Gasteiger partial charge in [-0.15, -0.1) is 5.10 Å². The zero-order valence-electron chi connectivity index (χ0n) is 12.0. The number of nitrogens with zero attached hydrogens (tertiary/aromatic N) is 4. The molecular weight excluding hydrogens is 316 g/mol. The molecule has 1 aromatic carbocycles. The van der Waals surface area contributed by atoms with E-state index < -0.39 is 0 Å². The van der Waals surface area contributed by atoms with Gasteiger partial charge in [-0.1, -0.05) is 23.7 Å². The second kappa shape index (κ2) is 6.97. The highest BCUT2D eigenvalue weighted by molar-refractivity contribution is 6.30. The number of anilines is 1. The van der Waals surface area contributed by atoms with Crippen LogP contribution in [0.25, 0.3) is 11.4 Å². The molecule has 0 radical (unpaired) electrons. The molecule has 2 heterocycles. The number of aryl methyl sites for hydroxylation is 1. The lowest BCUT2D eigenvalue weighted by Gasteiger charge is -2.02. The van der Waals surface area contributed by atoms with Crippen molar-refractivity contribution in [2.45, 2.75) is 12.8 Å². The van der Waals surface area contributed by atoms with Gasteiger partial charge in [-0.3, -0.25) is 15.2 Å². The topological polar surface area (TPSA) is 96.5 Å². The Morgan fingerprint density at radius 1 is 1.17 bits per heavy atom. The van der Waals surface area contributed by atoms with Crippen LogP contribution in [-0.4, -0.2) is 31.3 Å². The molecule has 0 fully saturated rings. The monoisotopic (exact) mass is 328 g/mol. The summed E-state index contributed by atoms with van der Waals surface area (Å²) >= 11 is 5.83. The van der Waals surface area contributed by atoms with Gasteiger partial charge in [-0.25, -0.2) is 0 Å². The molecule has 0 saturated heterocycles. The number of carbonyl (C=O) groups excluding carboxylic acids is 1. The van der Waals surface area contributed by atoms with Crippen molar-refractivity contribution >= 4 is 23.5 Å². The summed E-state index contributed by atoms with van der Waals surface area (Å²) in [6, 6.07) is 9.16. The van der Waals surface area contributed by atoms with Crippen molar-refractivity contribution in [1.82, 2.24) is 25.4 Å². The lowest BCUT2D eigenvalue weighted by Crippen LogP contribution is -2.13. The molecule has 0 atom stereocenters. The third-order valence-electron chi connectivity index (χ3n) is 3.15. The summed E-state index contributed by atoms with van der Waals surface area (Å²) in [5, 5.41) is 17.5. The van der Waals surface area contributed by atoms with Crippen LogP contribution >= 0.6 is 11.6 Å². The molecule has 3 rings (SSSR count). The summed E-state index contributed by atoms with van der Waals surface area (Å²) < 4.78 is 0. The van der Waals surface area contributed by atoms with Crippen LogP contribution in [0.15, 0.2) is 42.7 Å². The molecule has 2 aromatic heterocycles. The maximum atomic E-state index is 11.9. The number of nitrogens with one attached hydrogen (secondary N) is 2. The van der Waals surface area contributed by atoms with Crippen LogP contribution in [0.2, 0.25) is 5.02 Å². The fourth-order valence-corrected chi connectivity index (χ4v) is 2.10. The van der Waals surface area contributed by atoms with Crippen LogP contribution in [0.5, 0.6) is 0 Å². The number of rotatable bonds is 5. The van der Waals surface area contributed by atoms with Gasteiger partial charge in [-0.2, -0.15) is 15.2 Å². The molecule has 0 saturated carbocycles. The van der Waals surface area contributed by atoms with Gasteiger partial charge in [0.15, 0.2) is 5.82 Å². The maximum Gasteiger partial charge on any atom is 0.249 e. The van der Waals surface area contributed by atoms with E-state index in [0.717, 1.165) is 11.1 Å². The van der Waals surface area contributed by atoms with E-state index in [0.29, 0.717) is 23.7 Å². The molecule has 8 heteroatoms. The van der Waals surface area contributed by atoms with Crippen molar-refractivity contribution in [1.29, 1.82) is 0 Å². The molecule has 0 spiro atoms. The summed E-state index contributed by atoms with van der Waals surface area (Å²) in [6.45, 7) is 0. The van der Waals surface area contributed by atoms with Crippen LogP contribution < -0.4 is 5.32 Å². The van der Waals surface area contributed by atoms with Crippen LogP contribution in [-0.2, 0) is 11.2 Å². The van der Waals surface area contributed by atoms with Gasteiger partial charge >= 0.3 is 0 Å². The first kappa shape index (κ1) is 15.1. The highest BCUT2D eigenvalue weighted by Crippen LogP contribution is 2.14. The zero-order valence-corrected chi connectivity index (χ0v) is 12.8. The second-order valence-corrected chi connectivity index (χ2v) is 5.25. The van der Waals surface area contributed by atoms with E-state index in [9.17, 15) is 4.79 Å². The number of halogens is 1. The fraction of sp³-hybridized carbons (Fsp3) is 0.133. The molecule has 2 N–H and O–H groups in total. The number of hydrogen-bond donors (Lipinski definition) is 2. The number of aromatic amines is 1. The largest absolute Gasteiger partial charge is 0.293 e. The molecule has 0 bridgehead atoms. The Morgan fingerprint density at radius 3 is 2.74 bits per heavy atom. The van der Waals surface area contributed by atoms with Gasteiger partial charge in [0.05, 0.1) is 12.4 Å². The molecule has 116 valence electrons. The third kappa shape index (κ3) is 4.10. The normalized spacial score (nSPS) is 10.5. The maximum absolute atomic E-state index is 11.9.